The van der Waals surface area contributed by atoms with Crippen molar-refractivity contribution in [1.29, 1.82) is 5.26 Å². The van der Waals surface area contributed by atoms with Crippen molar-refractivity contribution in [2.75, 3.05) is 0 Å². The molecular weight excluding hydrogens is 278 g/mol. The van der Waals surface area contributed by atoms with E-state index in [0.717, 1.165) is 29.2 Å². The minimum atomic E-state index is 0.740. The Hall–Kier alpha value is -1.81. The first-order chi connectivity index (χ1) is 11.2. The zero-order chi connectivity index (χ0) is 15.8. The molecule has 2 fully saturated rings. The van der Waals surface area contributed by atoms with Crippen molar-refractivity contribution in [1.82, 2.24) is 0 Å². The zero-order valence-electron chi connectivity index (χ0n) is 14.0. The van der Waals surface area contributed by atoms with Gasteiger partial charge in [0.15, 0.2) is 0 Å². The van der Waals surface area contributed by atoms with Crippen molar-refractivity contribution in [3.8, 4) is 6.07 Å². The summed E-state index contributed by atoms with van der Waals surface area (Å²) in [5.41, 5.74) is 2.27. The van der Waals surface area contributed by atoms with E-state index in [-0.39, 0.29) is 0 Å². The Bertz CT molecular complexity index is 754. The van der Waals surface area contributed by atoms with Crippen LogP contribution in [0.15, 0.2) is 36.4 Å². The van der Waals surface area contributed by atoms with Gasteiger partial charge in [0.2, 0.25) is 0 Å². The van der Waals surface area contributed by atoms with Crippen LogP contribution < -0.4 is 0 Å². The van der Waals surface area contributed by atoms with Gasteiger partial charge in [-0.1, -0.05) is 37.6 Å². The van der Waals surface area contributed by atoms with Crippen LogP contribution in [-0.2, 0) is 0 Å². The van der Waals surface area contributed by atoms with Gasteiger partial charge in [-0.25, -0.2) is 0 Å². The molecule has 2 aliphatic carbocycles. The van der Waals surface area contributed by atoms with Gasteiger partial charge in [-0.2, -0.15) is 5.26 Å². The van der Waals surface area contributed by atoms with Crippen LogP contribution in [0, 0.1) is 29.1 Å². The number of hydrogen-bond donors (Lipinski definition) is 0. The first-order valence-electron chi connectivity index (χ1n) is 9.17. The molecule has 0 aliphatic heterocycles. The van der Waals surface area contributed by atoms with E-state index in [1.54, 1.807) is 0 Å². The molecule has 0 N–H and O–H groups in total. The van der Waals surface area contributed by atoms with Crippen molar-refractivity contribution in [3.63, 3.8) is 0 Å². The lowest BCUT2D eigenvalue weighted by Gasteiger charge is -2.41. The standard InChI is InChI=1S/C22H25N/c1-15-2-4-19-12-21(8-6-17(19)10-15)22-9-7-18-11-16(14-23)3-5-20(18)13-22/h3,5,7,9,11,13,15,17,19,21H,2,4,6,8,10,12H2,1H3. The lowest BCUT2D eigenvalue weighted by molar-refractivity contribution is 0.124. The molecule has 118 valence electrons. The summed E-state index contributed by atoms with van der Waals surface area (Å²) in [5, 5.41) is 11.5. The summed E-state index contributed by atoms with van der Waals surface area (Å²) in [6, 6.07) is 15.2. The molecule has 2 aromatic carbocycles. The highest BCUT2D eigenvalue weighted by molar-refractivity contribution is 5.84. The largest absolute Gasteiger partial charge is 0.192 e. The summed E-state index contributed by atoms with van der Waals surface area (Å²) in [4.78, 5) is 0. The number of fused-ring (bicyclic) bond motifs is 2. The monoisotopic (exact) mass is 303 g/mol. The number of rotatable bonds is 1. The minimum absolute atomic E-state index is 0.740. The zero-order valence-corrected chi connectivity index (χ0v) is 14.0. The summed E-state index contributed by atoms with van der Waals surface area (Å²) in [5.74, 6) is 3.64. The van der Waals surface area contributed by atoms with Crippen molar-refractivity contribution in [3.05, 3.63) is 47.5 Å². The van der Waals surface area contributed by atoms with Crippen LogP contribution in [-0.4, -0.2) is 0 Å². The van der Waals surface area contributed by atoms with Crippen LogP contribution in [0.3, 0.4) is 0 Å². The molecule has 1 nitrogen and oxygen atoms in total. The molecule has 2 saturated carbocycles. The van der Waals surface area contributed by atoms with Crippen molar-refractivity contribution in [2.45, 2.75) is 51.4 Å². The summed E-state index contributed by atoms with van der Waals surface area (Å²) in [6.45, 7) is 2.43. The summed E-state index contributed by atoms with van der Waals surface area (Å²) in [6.07, 6.45) is 8.51. The Morgan fingerprint density at radius 2 is 1.61 bits per heavy atom. The predicted molar refractivity (Wildman–Crippen MR) is 95.3 cm³/mol. The third kappa shape index (κ3) is 2.88. The number of nitrogens with zero attached hydrogens (tertiary/aromatic N) is 1. The molecule has 2 aromatic rings. The van der Waals surface area contributed by atoms with Crippen LogP contribution in [0.4, 0.5) is 0 Å². The lowest BCUT2D eigenvalue weighted by atomic mass is 9.64. The second-order valence-electron chi connectivity index (χ2n) is 7.88. The fourth-order valence-corrected chi connectivity index (χ4v) is 5.01. The van der Waals surface area contributed by atoms with E-state index < -0.39 is 0 Å². The quantitative estimate of drug-likeness (QED) is 0.631. The van der Waals surface area contributed by atoms with Crippen molar-refractivity contribution in [2.24, 2.45) is 17.8 Å². The third-order valence-corrected chi connectivity index (χ3v) is 6.34. The van der Waals surface area contributed by atoms with E-state index in [0.29, 0.717) is 0 Å². The molecule has 2 aliphatic rings. The first-order valence-corrected chi connectivity index (χ1v) is 9.17. The molecule has 4 unspecified atom stereocenters. The van der Waals surface area contributed by atoms with Crippen LogP contribution in [0.1, 0.15) is 62.5 Å². The number of hydrogen-bond acceptors (Lipinski definition) is 1. The fraction of sp³-hybridized carbons (Fsp3) is 0.500. The molecule has 0 aromatic heterocycles. The van der Waals surface area contributed by atoms with Gasteiger partial charge in [0.25, 0.3) is 0 Å². The molecule has 0 heterocycles. The Kier molecular flexibility index (Phi) is 3.85. The molecule has 0 bridgehead atoms. The van der Waals surface area contributed by atoms with Crippen molar-refractivity contribution >= 4 is 10.8 Å². The molecule has 0 spiro atoms. The fourth-order valence-electron chi connectivity index (χ4n) is 5.01. The highest BCUT2D eigenvalue weighted by Crippen LogP contribution is 2.47. The van der Waals surface area contributed by atoms with Gasteiger partial charge in [0.1, 0.15) is 0 Å². The Balaban J connectivity index is 1.56. The van der Waals surface area contributed by atoms with E-state index in [2.05, 4.69) is 37.3 Å². The van der Waals surface area contributed by atoms with E-state index in [1.807, 2.05) is 12.1 Å². The van der Waals surface area contributed by atoms with Gasteiger partial charge in [-0.05, 0) is 84.2 Å². The molecule has 1 heteroatoms. The van der Waals surface area contributed by atoms with Crippen LogP contribution in [0.2, 0.25) is 0 Å². The van der Waals surface area contributed by atoms with Gasteiger partial charge in [-0.15, -0.1) is 0 Å². The average molecular weight is 303 g/mol. The van der Waals surface area contributed by atoms with Gasteiger partial charge >= 0.3 is 0 Å². The van der Waals surface area contributed by atoms with Gasteiger partial charge in [0.05, 0.1) is 11.6 Å². The minimum Gasteiger partial charge on any atom is -0.192 e. The van der Waals surface area contributed by atoms with E-state index >= 15 is 0 Å². The average Bonchev–Trinajstić information content (AvgIpc) is 2.60. The molecular formula is C22H25N. The maximum Gasteiger partial charge on any atom is 0.0991 e. The van der Waals surface area contributed by atoms with E-state index in [4.69, 9.17) is 5.26 Å². The smallest absolute Gasteiger partial charge is 0.0991 e. The molecule has 4 rings (SSSR count). The van der Waals surface area contributed by atoms with Crippen LogP contribution in [0.25, 0.3) is 10.8 Å². The molecule has 4 atom stereocenters. The van der Waals surface area contributed by atoms with Gasteiger partial charge in [-0.3, -0.25) is 0 Å². The van der Waals surface area contributed by atoms with Crippen LogP contribution in [0.5, 0.6) is 0 Å². The predicted octanol–water partition coefficient (Wildman–Crippen LogP) is 6.03. The summed E-state index contributed by atoms with van der Waals surface area (Å²) in [7, 11) is 0. The highest BCUT2D eigenvalue weighted by atomic mass is 14.4. The first kappa shape index (κ1) is 14.8. The normalized spacial score (nSPS) is 30.6. The molecule has 0 saturated heterocycles. The van der Waals surface area contributed by atoms with E-state index in [1.165, 1.54) is 54.9 Å². The second kappa shape index (κ2) is 6.00. The summed E-state index contributed by atoms with van der Waals surface area (Å²) >= 11 is 0. The van der Waals surface area contributed by atoms with Crippen LogP contribution >= 0.6 is 0 Å². The Labute approximate surface area is 139 Å². The maximum absolute atomic E-state index is 9.03. The SMILES string of the molecule is CC1CCC2CC(c3ccc4cc(C#N)ccc4c3)CCC2C1. The van der Waals surface area contributed by atoms with Gasteiger partial charge < -0.3 is 0 Å². The van der Waals surface area contributed by atoms with Crippen molar-refractivity contribution < 1.29 is 0 Å². The number of benzene rings is 2. The lowest BCUT2D eigenvalue weighted by Crippen LogP contribution is -2.29. The van der Waals surface area contributed by atoms with E-state index in [9.17, 15) is 0 Å². The molecule has 23 heavy (non-hydrogen) atoms. The highest BCUT2D eigenvalue weighted by Gasteiger charge is 2.34. The molecule has 0 radical (unpaired) electrons. The Morgan fingerprint density at radius 3 is 2.48 bits per heavy atom. The maximum atomic E-state index is 9.03. The topological polar surface area (TPSA) is 23.8 Å². The Morgan fingerprint density at radius 1 is 0.870 bits per heavy atom. The summed E-state index contributed by atoms with van der Waals surface area (Å²) < 4.78 is 0. The molecule has 0 amide bonds. The third-order valence-electron chi connectivity index (χ3n) is 6.34. The number of nitriles is 1. The second-order valence-corrected chi connectivity index (χ2v) is 7.88. The van der Waals surface area contributed by atoms with Gasteiger partial charge in [0, 0.05) is 0 Å².